The molecule has 2 atom stereocenters. The summed E-state index contributed by atoms with van der Waals surface area (Å²) in [5.74, 6) is 1.07. The molecule has 0 bridgehead atoms. The predicted octanol–water partition coefficient (Wildman–Crippen LogP) is 0.627. The molecule has 82 valence electrons. The summed E-state index contributed by atoms with van der Waals surface area (Å²) >= 11 is 0. The van der Waals surface area contributed by atoms with Crippen LogP contribution in [0.15, 0.2) is 0 Å². The third kappa shape index (κ3) is 3.28. The number of rotatable bonds is 4. The van der Waals surface area contributed by atoms with Crippen molar-refractivity contribution >= 4 is 11.9 Å². The van der Waals surface area contributed by atoms with Gasteiger partial charge in [0.15, 0.2) is 0 Å². The zero-order chi connectivity index (χ0) is 11.3. The topological polar surface area (TPSA) is 66.4 Å². The molecule has 2 unspecified atom stereocenters. The number of hydrogen-bond acceptors (Lipinski definition) is 2. The number of amides is 1. The van der Waals surface area contributed by atoms with Gasteiger partial charge in [0.05, 0.1) is 5.92 Å². The molecule has 1 aliphatic rings. The van der Waals surface area contributed by atoms with E-state index < -0.39 is 5.97 Å². The van der Waals surface area contributed by atoms with Crippen LogP contribution in [-0.4, -0.2) is 23.5 Å². The molecule has 0 aliphatic heterocycles. The normalized spacial score (nSPS) is 24.5. The maximum atomic E-state index is 11.5. The molecule has 1 amide bonds. The third-order valence-corrected chi connectivity index (χ3v) is 2.72. The van der Waals surface area contributed by atoms with Crippen molar-refractivity contribution < 1.29 is 14.7 Å². The molecule has 0 heterocycles. The van der Waals surface area contributed by atoms with Crippen LogP contribution < -0.4 is 5.32 Å². The van der Waals surface area contributed by atoms with Crippen molar-refractivity contribution in [3.05, 3.63) is 0 Å². The molecule has 4 heteroatoms. The van der Waals surface area contributed by atoms with E-state index in [-0.39, 0.29) is 17.7 Å². The second kappa shape index (κ2) is 5.40. The molecule has 2 N–H and O–H groups in total. The Morgan fingerprint density at radius 3 is 2.60 bits per heavy atom. The molecular weight excluding hydrogens is 194 g/mol. The van der Waals surface area contributed by atoms with Crippen molar-refractivity contribution in [2.24, 2.45) is 11.8 Å². The van der Waals surface area contributed by atoms with Crippen LogP contribution in [0.2, 0.25) is 0 Å². The van der Waals surface area contributed by atoms with Crippen LogP contribution in [0.5, 0.6) is 0 Å². The Kier molecular flexibility index (Phi) is 4.17. The lowest BCUT2D eigenvalue weighted by atomic mass is 10.0. The zero-order valence-electron chi connectivity index (χ0n) is 8.53. The Morgan fingerprint density at radius 1 is 1.40 bits per heavy atom. The van der Waals surface area contributed by atoms with Gasteiger partial charge in [-0.15, -0.1) is 12.3 Å². The number of aliphatic carboxylic acids is 1. The van der Waals surface area contributed by atoms with E-state index in [2.05, 4.69) is 11.2 Å². The summed E-state index contributed by atoms with van der Waals surface area (Å²) in [6.07, 6.45) is 7.29. The number of carbonyl (C=O) groups excluding carboxylic acids is 1. The van der Waals surface area contributed by atoms with Crippen LogP contribution in [-0.2, 0) is 9.59 Å². The van der Waals surface area contributed by atoms with Gasteiger partial charge >= 0.3 is 5.97 Å². The fourth-order valence-corrected chi connectivity index (χ4v) is 1.85. The van der Waals surface area contributed by atoms with Crippen molar-refractivity contribution in [3.8, 4) is 12.3 Å². The molecular formula is C11H15NO3. The standard InChI is InChI=1S/C11H15NO3/c1-2-3-6-12-10(13)8-4-5-9(7-8)11(14)15/h1,8-9H,3-7H2,(H,12,13)(H,14,15). The second-order valence-electron chi connectivity index (χ2n) is 3.79. The largest absolute Gasteiger partial charge is 0.481 e. The van der Waals surface area contributed by atoms with Crippen molar-refractivity contribution in [1.29, 1.82) is 0 Å². The fourth-order valence-electron chi connectivity index (χ4n) is 1.85. The van der Waals surface area contributed by atoms with Gasteiger partial charge in [-0.2, -0.15) is 0 Å². The minimum absolute atomic E-state index is 0.0611. The number of carboxylic acid groups (broad SMARTS) is 1. The van der Waals surface area contributed by atoms with E-state index in [1.807, 2.05) is 0 Å². The Morgan fingerprint density at radius 2 is 2.07 bits per heavy atom. The SMILES string of the molecule is C#CCCNC(=O)C1CCC(C(=O)O)C1. The number of hydrogen-bond donors (Lipinski definition) is 2. The Bertz CT molecular complexity index is 293. The summed E-state index contributed by atoms with van der Waals surface area (Å²) < 4.78 is 0. The summed E-state index contributed by atoms with van der Waals surface area (Å²) in [6.45, 7) is 0.476. The van der Waals surface area contributed by atoms with Crippen molar-refractivity contribution in [3.63, 3.8) is 0 Å². The highest BCUT2D eigenvalue weighted by Gasteiger charge is 2.33. The van der Waals surface area contributed by atoms with Crippen molar-refractivity contribution in [2.45, 2.75) is 25.7 Å². The van der Waals surface area contributed by atoms with Crippen molar-refractivity contribution in [2.75, 3.05) is 6.54 Å². The van der Waals surface area contributed by atoms with Gasteiger partial charge < -0.3 is 10.4 Å². The highest BCUT2D eigenvalue weighted by molar-refractivity contribution is 5.80. The van der Waals surface area contributed by atoms with E-state index in [1.165, 1.54) is 0 Å². The van der Waals surface area contributed by atoms with Crippen LogP contribution in [0.1, 0.15) is 25.7 Å². The third-order valence-electron chi connectivity index (χ3n) is 2.72. The van der Waals surface area contributed by atoms with Gasteiger partial charge in [-0.05, 0) is 19.3 Å². The van der Waals surface area contributed by atoms with E-state index in [9.17, 15) is 9.59 Å². The van der Waals surface area contributed by atoms with Crippen LogP contribution in [0, 0.1) is 24.2 Å². The molecule has 0 spiro atoms. The summed E-state index contributed by atoms with van der Waals surface area (Å²) in [7, 11) is 0. The van der Waals surface area contributed by atoms with Gasteiger partial charge in [0.25, 0.3) is 0 Å². The summed E-state index contributed by atoms with van der Waals surface area (Å²) in [6, 6.07) is 0. The lowest BCUT2D eigenvalue weighted by Gasteiger charge is -2.09. The number of terminal acetylenes is 1. The molecule has 15 heavy (non-hydrogen) atoms. The van der Waals surface area contributed by atoms with Crippen LogP contribution >= 0.6 is 0 Å². The molecule has 0 aromatic heterocycles. The van der Waals surface area contributed by atoms with Crippen molar-refractivity contribution in [1.82, 2.24) is 5.32 Å². The van der Waals surface area contributed by atoms with Crippen LogP contribution in [0.25, 0.3) is 0 Å². The maximum Gasteiger partial charge on any atom is 0.306 e. The molecule has 1 aliphatic carbocycles. The highest BCUT2D eigenvalue weighted by Crippen LogP contribution is 2.30. The molecule has 1 saturated carbocycles. The lowest BCUT2D eigenvalue weighted by Crippen LogP contribution is -2.30. The molecule has 1 fully saturated rings. The lowest BCUT2D eigenvalue weighted by molar-refractivity contribution is -0.141. The van der Waals surface area contributed by atoms with E-state index in [0.29, 0.717) is 32.2 Å². The summed E-state index contributed by atoms with van der Waals surface area (Å²) in [5.41, 5.74) is 0. The minimum atomic E-state index is -0.797. The van der Waals surface area contributed by atoms with E-state index in [1.54, 1.807) is 0 Å². The van der Waals surface area contributed by atoms with Gasteiger partial charge in [0.1, 0.15) is 0 Å². The Hall–Kier alpha value is -1.50. The van der Waals surface area contributed by atoms with E-state index in [4.69, 9.17) is 11.5 Å². The maximum absolute atomic E-state index is 11.5. The number of carboxylic acids is 1. The van der Waals surface area contributed by atoms with Gasteiger partial charge in [-0.25, -0.2) is 0 Å². The van der Waals surface area contributed by atoms with Gasteiger partial charge in [0, 0.05) is 18.9 Å². The highest BCUT2D eigenvalue weighted by atomic mass is 16.4. The van der Waals surface area contributed by atoms with Crippen LogP contribution in [0.3, 0.4) is 0 Å². The minimum Gasteiger partial charge on any atom is -0.481 e. The molecule has 0 saturated heterocycles. The zero-order valence-corrected chi connectivity index (χ0v) is 8.53. The quantitative estimate of drug-likeness (QED) is 0.527. The average Bonchev–Trinajstić information content (AvgIpc) is 2.66. The molecule has 0 aromatic rings. The number of carbonyl (C=O) groups is 2. The fraction of sp³-hybridized carbons (Fsp3) is 0.636. The second-order valence-corrected chi connectivity index (χ2v) is 3.79. The smallest absolute Gasteiger partial charge is 0.306 e. The predicted molar refractivity (Wildman–Crippen MR) is 54.9 cm³/mol. The molecule has 4 nitrogen and oxygen atoms in total. The number of nitrogens with one attached hydrogen (secondary N) is 1. The Balaban J connectivity index is 2.31. The first kappa shape index (κ1) is 11.6. The molecule has 0 aromatic carbocycles. The van der Waals surface area contributed by atoms with E-state index >= 15 is 0 Å². The van der Waals surface area contributed by atoms with Gasteiger partial charge in [-0.1, -0.05) is 0 Å². The van der Waals surface area contributed by atoms with Gasteiger partial charge in [-0.3, -0.25) is 9.59 Å². The summed E-state index contributed by atoms with van der Waals surface area (Å²) in [5, 5.41) is 11.5. The molecule has 0 radical (unpaired) electrons. The first-order valence-electron chi connectivity index (χ1n) is 5.09. The Labute approximate surface area is 89.0 Å². The molecule has 1 rings (SSSR count). The monoisotopic (exact) mass is 209 g/mol. The average molecular weight is 209 g/mol. The summed E-state index contributed by atoms with van der Waals surface area (Å²) in [4.78, 5) is 22.2. The first-order valence-corrected chi connectivity index (χ1v) is 5.09. The van der Waals surface area contributed by atoms with Crippen LogP contribution in [0.4, 0.5) is 0 Å². The van der Waals surface area contributed by atoms with Gasteiger partial charge in [0.2, 0.25) is 5.91 Å². The van der Waals surface area contributed by atoms with E-state index in [0.717, 1.165) is 0 Å². The first-order chi connectivity index (χ1) is 7.15.